The van der Waals surface area contributed by atoms with Crippen LogP contribution in [0.25, 0.3) is 0 Å². The van der Waals surface area contributed by atoms with Gasteiger partial charge in [-0.2, -0.15) is 0 Å². The second-order valence-corrected chi connectivity index (χ2v) is 7.38. The summed E-state index contributed by atoms with van der Waals surface area (Å²) in [5, 5.41) is -0.609. The number of rotatable bonds is 6. The van der Waals surface area contributed by atoms with Crippen molar-refractivity contribution in [3.8, 4) is 0 Å². The Bertz CT molecular complexity index is 446. The third-order valence-electron chi connectivity index (χ3n) is 3.20. The van der Waals surface area contributed by atoms with Gasteiger partial charge >= 0.3 is 0 Å². The van der Waals surface area contributed by atoms with E-state index in [1.165, 1.54) is 0 Å². The monoisotopic (exact) mass is 312 g/mol. The summed E-state index contributed by atoms with van der Waals surface area (Å²) in [5.41, 5.74) is 0. The summed E-state index contributed by atoms with van der Waals surface area (Å²) in [4.78, 5) is 0. The Morgan fingerprint density at radius 2 is 1.30 bits per heavy atom. The molecule has 2 atom stereocenters. The second-order valence-electron chi connectivity index (χ2n) is 4.85. The molecule has 114 valence electrons. The topological polar surface area (TPSA) is 0 Å². The van der Waals surface area contributed by atoms with Crippen LogP contribution in [0.2, 0.25) is 0 Å². The van der Waals surface area contributed by atoms with Gasteiger partial charge in [0.1, 0.15) is 0 Å². The van der Waals surface area contributed by atoms with Crippen LogP contribution in [0.5, 0.6) is 0 Å². The number of halogens is 5. The molecule has 0 amide bonds. The SMILES string of the molecule is CCCC(C)CP(CC)c1c(F)c(F)c(F)c(F)c1F. The molecule has 0 saturated heterocycles. The van der Waals surface area contributed by atoms with Gasteiger partial charge in [-0.15, -0.1) is 0 Å². The molecule has 2 unspecified atom stereocenters. The molecular formula is C14H18F5P. The van der Waals surface area contributed by atoms with Crippen LogP contribution in [0.4, 0.5) is 22.0 Å². The van der Waals surface area contributed by atoms with Crippen molar-refractivity contribution >= 4 is 13.2 Å². The highest BCUT2D eigenvalue weighted by molar-refractivity contribution is 7.65. The van der Waals surface area contributed by atoms with E-state index in [9.17, 15) is 22.0 Å². The summed E-state index contributed by atoms with van der Waals surface area (Å²) in [6, 6.07) is 0. The molecule has 0 saturated carbocycles. The predicted octanol–water partition coefficient (Wildman–Crippen LogP) is 4.95. The smallest absolute Gasteiger partial charge is 0.200 e. The summed E-state index contributed by atoms with van der Waals surface area (Å²) >= 11 is 0. The van der Waals surface area contributed by atoms with Crippen molar-refractivity contribution in [3.05, 3.63) is 29.1 Å². The summed E-state index contributed by atoms with van der Waals surface area (Å²) in [7, 11) is -1.39. The molecule has 20 heavy (non-hydrogen) atoms. The van der Waals surface area contributed by atoms with E-state index < -0.39 is 42.3 Å². The Kier molecular flexibility index (Phi) is 6.38. The molecule has 1 rings (SSSR count). The summed E-state index contributed by atoms with van der Waals surface area (Å²) < 4.78 is 67.0. The molecule has 0 radical (unpaired) electrons. The van der Waals surface area contributed by atoms with E-state index in [-0.39, 0.29) is 5.92 Å². The van der Waals surface area contributed by atoms with E-state index in [0.29, 0.717) is 12.3 Å². The molecule has 6 heteroatoms. The zero-order chi connectivity index (χ0) is 15.4. The fourth-order valence-corrected chi connectivity index (χ4v) is 4.65. The minimum atomic E-state index is -2.09. The van der Waals surface area contributed by atoms with Crippen LogP contribution in [-0.4, -0.2) is 12.3 Å². The Morgan fingerprint density at radius 3 is 1.70 bits per heavy atom. The van der Waals surface area contributed by atoms with Crippen molar-refractivity contribution in [1.82, 2.24) is 0 Å². The van der Waals surface area contributed by atoms with Gasteiger partial charge in [0.15, 0.2) is 23.3 Å². The lowest BCUT2D eigenvalue weighted by atomic mass is 10.1. The minimum absolute atomic E-state index is 0.195. The first kappa shape index (κ1) is 17.4. The highest BCUT2D eigenvalue weighted by Gasteiger charge is 2.30. The van der Waals surface area contributed by atoms with Crippen molar-refractivity contribution in [2.45, 2.75) is 33.6 Å². The molecule has 0 fully saturated rings. The lowest BCUT2D eigenvalue weighted by Gasteiger charge is -2.22. The maximum absolute atomic E-state index is 13.8. The molecule has 1 aromatic carbocycles. The van der Waals surface area contributed by atoms with Gasteiger partial charge in [-0.1, -0.05) is 41.5 Å². The van der Waals surface area contributed by atoms with E-state index >= 15 is 0 Å². The van der Waals surface area contributed by atoms with E-state index in [4.69, 9.17) is 0 Å². The van der Waals surface area contributed by atoms with E-state index in [1.807, 2.05) is 13.8 Å². The normalized spacial score (nSPS) is 14.4. The van der Waals surface area contributed by atoms with Crippen LogP contribution in [0.1, 0.15) is 33.6 Å². The zero-order valence-corrected chi connectivity index (χ0v) is 12.6. The van der Waals surface area contributed by atoms with Gasteiger partial charge in [0.2, 0.25) is 5.82 Å². The first-order chi connectivity index (χ1) is 9.34. The van der Waals surface area contributed by atoms with Crippen molar-refractivity contribution in [3.63, 3.8) is 0 Å². The minimum Gasteiger partial charge on any atom is -0.203 e. The molecule has 0 spiro atoms. The summed E-state index contributed by atoms with van der Waals surface area (Å²) in [6.45, 7) is 5.63. The molecule has 0 aliphatic heterocycles. The van der Waals surface area contributed by atoms with Crippen molar-refractivity contribution in [1.29, 1.82) is 0 Å². The number of hydrogen-bond acceptors (Lipinski definition) is 0. The van der Waals surface area contributed by atoms with Crippen LogP contribution >= 0.6 is 7.92 Å². The van der Waals surface area contributed by atoms with E-state index in [1.54, 1.807) is 6.92 Å². The van der Waals surface area contributed by atoms with Crippen LogP contribution in [0.3, 0.4) is 0 Å². The Hall–Kier alpha value is -0.700. The fourth-order valence-electron chi connectivity index (χ4n) is 2.21. The highest BCUT2D eigenvalue weighted by Crippen LogP contribution is 2.40. The van der Waals surface area contributed by atoms with Gasteiger partial charge in [0.05, 0.1) is 5.30 Å². The maximum atomic E-state index is 13.8. The summed E-state index contributed by atoms with van der Waals surface area (Å²) in [5.74, 6) is -8.92. The zero-order valence-electron chi connectivity index (χ0n) is 11.7. The molecule has 0 bridgehead atoms. The molecule has 0 N–H and O–H groups in total. The van der Waals surface area contributed by atoms with Gasteiger partial charge in [0, 0.05) is 0 Å². The lowest BCUT2D eigenvalue weighted by Crippen LogP contribution is -2.22. The molecule has 0 aliphatic carbocycles. The van der Waals surface area contributed by atoms with Crippen LogP contribution in [0, 0.1) is 35.0 Å². The third kappa shape index (κ3) is 3.49. The molecule has 0 nitrogen and oxygen atoms in total. The molecule has 0 aliphatic rings. The average Bonchev–Trinajstić information content (AvgIpc) is 2.42. The van der Waals surface area contributed by atoms with Crippen LogP contribution in [-0.2, 0) is 0 Å². The quantitative estimate of drug-likeness (QED) is 0.302. The Labute approximate surface area is 117 Å². The van der Waals surface area contributed by atoms with E-state index in [0.717, 1.165) is 12.8 Å². The standard InChI is InChI=1S/C14H18F5P/c1-4-6-8(3)7-20(5-2)14-12(18)10(16)9(15)11(17)13(14)19/h8H,4-7H2,1-3H3. The molecule has 0 aromatic heterocycles. The third-order valence-corrected chi connectivity index (χ3v) is 6.05. The lowest BCUT2D eigenvalue weighted by molar-refractivity contribution is 0.384. The molecular weight excluding hydrogens is 294 g/mol. The van der Waals surface area contributed by atoms with Gasteiger partial charge in [-0.3, -0.25) is 0 Å². The van der Waals surface area contributed by atoms with Crippen molar-refractivity contribution in [2.24, 2.45) is 5.92 Å². The van der Waals surface area contributed by atoms with Crippen LogP contribution in [0.15, 0.2) is 0 Å². The first-order valence-electron chi connectivity index (χ1n) is 6.61. The van der Waals surface area contributed by atoms with Crippen molar-refractivity contribution < 1.29 is 22.0 Å². The number of hydrogen-bond donors (Lipinski definition) is 0. The van der Waals surface area contributed by atoms with Gasteiger partial charge in [0.25, 0.3) is 0 Å². The summed E-state index contributed by atoms with van der Waals surface area (Å²) in [6.07, 6.45) is 2.65. The van der Waals surface area contributed by atoms with Gasteiger partial charge < -0.3 is 0 Å². The fraction of sp³-hybridized carbons (Fsp3) is 0.571. The Balaban J connectivity index is 3.22. The predicted molar refractivity (Wildman–Crippen MR) is 72.3 cm³/mol. The van der Waals surface area contributed by atoms with Crippen LogP contribution < -0.4 is 5.30 Å². The maximum Gasteiger partial charge on any atom is 0.200 e. The largest absolute Gasteiger partial charge is 0.203 e. The van der Waals surface area contributed by atoms with Gasteiger partial charge in [-0.25, -0.2) is 22.0 Å². The first-order valence-corrected chi connectivity index (χ1v) is 8.32. The second kappa shape index (κ2) is 7.35. The van der Waals surface area contributed by atoms with Gasteiger partial charge in [-0.05, 0) is 18.2 Å². The Morgan fingerprint density at radius 1 is 0.850 bits per heavy atom. The highest BCUT2D eigenvalue weighted by atomic mass is 31.1. The van der Waals surface area contributed by atoms with E-state index in [2.05, 4.69) is 0 Å². The average molecular weight is 312 g/mol. The van der Waals surface area contributed by atoms with Crippen molar-refractivity contribution in [2.75, 3.05) is 12.3 Å². The number of benzene rings is 1. The molecule has 0 heterocycles. The molecule has 1 aromatic rings.